The van der Waals surface area contributed by atoms with Crippen LogP contribution < -0.4 is 0 Å². The van der Waals surface area contributed by atoms with Gasteiger partial charge in [0, 0.05) is 0 Å². The lowest BCUT2D eigenvalue weighted by Crippen LogP contribution is -2.49. The zero-order valence-corrected chi connectivity index (χ0v) is 12.2. The minimum atomic E-state index is -5.75. The zero-order valence-electron chi connectivity index (χ0n) is 11.3. The number of ether oxygens (including phenoxy) is 3. The van der Waals surface area contributed by atoms with Crippen molar-refractivity contribution in [2.24, 2.45) is 0 Å². The van der Waals surface area contributed by atoms with Gasteiger partial charge in [0.1, 0.15) is 6.10 Å². The highest BCUT2D eigenvalue weighted by molar-refractivity contribution is 7.87. The first-order valence-electron chi connectivity index (χ1n) is 6.19. The first-order chi connectivity index (χ1) is 9.50. The van der Waals surface area contributed by atoms with Gasteiger partial charge in [0.15, 0.2) is 11.9 Å². The molecular formula is C11H15F3O6S. The van der Waals surface area contributed by atoms with Crippen molar-refractivity contribution in [1.29, 1.82) is 0 Å². The van der Waals surface area contributed by atoms with Crippen LogP contribution in [0.3, 0.4) is 0 Å². The molecule has 0 spiro atoms. The van der Waals surface area contributed by atoms with E-state index >= 15 is 0 Å². The monoisotopic (exact) mass is 332 g/mol. The summed E-state index contributed by atoms with van der Waals surface area (Å²) in [6.07, 6.45) is 0.726. The van der Waals surface area contributed by atoms with Crippen molar-refractivity contribution in [3.05, 3.63) is 12.0 Å². The molecule has 0 aromatic heterocycles. The van der Waals surface area contributed by atoms with E-state index in [0.29, 0.717) is 6.42 Å². The Morgan fingerprint density at radius 1 is 1.33 bits per heavy atom. The third-order valence-corrected chi connectivity index (χ3v) is 3.90. The number of fused-ring (bicyclic) bond motifs is 1. The van der Waals surface area contributed by atoms with Crippen LogP contribution in [0, 0.1) is 0 Å². The maximum Gasteiger partial charge on any atom is 0.534 e. The third kappa shape index (κ3) is 3.80. The topological polar surface area (TPSA) is 71.1 Å². The van der Waals surface area contributed by atoms with Gasteiger partial charge in [-0.05, 0) is 32.8 Å². The lowest BCUT2D eigenvalue weighted by atomic mass is 10.1. The summed E-state index contributed by atoms with van der Waals surface area (Å²) in [7, 11) is -5.75. The first kappa shape index (κ1) is 16.4. The average molecular weight is 332 g/mol. The van der Waals surface area contributed by atoms with Gasteiger partial charge in [-0.15, -0.1) is 0 Å². The van der Waals surface area contributed by atoms with E-state index in [1.807, 2.05) is 0 Å². The molecule has 0 N–H and O–H groups in total. The predicted molar refractivity (Wildman–Crippen MR) is 63.2 cm³/mol. The minimum Gasteiger partial charge on any atom is -0.456 e. The van der Waals surface area contributed by atoms with Gasteiger partial charge in [0.25, 0.3) is 5.95 Å². The summed E-state index contributed by atoms with van der Waals surface area (Å²) in [6, 6.07) is 0. The standard InChI is InChI=1S/C11H15F3O6S/c1-10(2)17-6-8-7(19-10)4-3-5-9(18-8)20-21(15,16)11(12,13)14/h5,7-8H,3-4,6H2,1-2H3/t7-,8+/m0/s1. The Morgan fingerprint density at radius 3 is 2.62 bits per heavy atom. The van der Waals surface area contributed by atoms with Gasteiger partial charge in [-0.25, -0.2) is 0 Å². The fraction of sp³-hybridized carbons (Fsp3) is 0.818. The van der Waals surface area contributed by atoms with Gasteiger partial charge in [0.05, 0.1) is 6.61 Å². The van der Waals surface area contributed by atoms with Crippen LogP contribution in [0.5, 0.6) is 0 Å². The van der Waals surface area contributed by atoms with Crippen molar-refractivity contribution in [3.63, 3.8) is 0 Å². The third-order valence-electron chi connectivity index (χ3n) is 2.95. The number of alkyl halides is 3. The number of halogens is 3. The van der Waals surface area contributed by atoms with Gasteiger partial charge in [-0.2, -0.15) is 21.6 Å². The van der Waals surface area contributed by atoms with Crippen LogP contribution in [-0.4, -0.2) is 38.5 Å². The fourth-order valence-corrected chi connectivity index (χ4v) is 2.41. The van der Waals surface area contributed by atoms with E-state index in [-0.39, 0.29) is 13.0 Å². The highest BCUT2D eigenvalue weighted by Crippen LogP contribution is 2.33. The van der Waals surface area contributed by atoms with Crippen LogP contribution in [0.2, 0.25) is 0 Å². The van der Waals surface area contributed by atoms with Crippen LogP contribution in [0.4, 0.5) is 13.2 Å². The molecule has 2 atom stereocenters. The van der Waals surface area contributed by atoms with E-state index in [0.717, 1.165) is 6.08 Å². The van der Waals surface area contributed by atoms with E-state index in [1.54, 1.807) is 13.8 Å². The second-order valence-corrected chi connectivity index (χ2v) is 6.64. The summed E-state index contributed by atoms with van der Waals surface area (Å²) < 4.78 is 78.8. The molecule has 6 nitrogen and oxygen atoms in total. The molecule has 0 aromatic rings. The molecule has 1 saturated heterocycles. The summed E-state index contributed by atoms with van der Waals surface area (Å²) in [6.45, 7) is 3.46. The molecule has 122 valence electrons. The first-order valence-corrected chi connectivity index (χ1v) is 7.60. The van der Waals surface area contributed by atoms with Crippen LogP contribution in [0.1, 0.15) is 26.7 Å². The Balaban J connectivity index is 2.07. The molecule has 1 fully saturated rings. The van der Waals surface area contributed by atoms with Gasteiger partial charge in [-0.3, -0.25) is 0 Å². The minimum absolute atomic E-state index is 0.0600. The Kier molecular flexibility index (Phi) is 4.15. The van der Waals surface area contributed by atoms with Crippen molar-refractivity contribution in [2.75, 3.05) is 6.61 Å². The predicted octanol–water partition coefficient (Wildman–Crippen LogP) is 2.02. The molecular weight excluding hydrogens is 317 g/mol. The van der Waals surface area contributed by atoms with E-state index in [9.17, 15) is 21.6 Å². The molecule has 2 heterocycles. The highest BCUT2D eigenvalue weighted by atomic mass is 32.2. The molecule has 0 aromatic carbocycles. The summed E-state index contributed by atoms with van der Waals surface area (Å²) in [5, 5.41) is 0. The Hall–Kier alpha value is -1.00. The maximum atomic E-state index is 12.3. The number of hydrogen-bond acceptors (Lipinski definition) is 6. The van der Waals surface area contributed by atoms with Crippen LogP contribution in [0.15, 0.2) is 12.0 Å². The zero-order chi connectivity index (χ0) is 15.9. The second-order valence-electron chi connectivity index (χ2n) is 5.11. The van der Waals surface area contributed by atoms with Gasteiger partial charge in [0.2, 0.25) is 0 Å². The van der Waals surface area contributed by atoms with Crippen molar-refractivity contribution < 1.29 is 40.0 Å². The highest BCUT2D eigenvalue weighted by Gasteiger charge is 2.50. The van der Waals surface area contributed by atoms with Crippen LogP contribution in [0.25, 0.3) is 0 Å². The molecule has 0 unspecified atom stereocenters. The molecule has 0 radical (unpaired) electrons. The largest absolute Gasteiger partial charge is 0.534 e. The van der Waals surface area contributed by atoms with Crippen molar-refractivity contribution in [1.82, 2.24) is 0 Å². The second kappa shape index (κ2) is 5.33. The molecule has 0 amide bonds. The number of hydrogen-bond donors (Lipinski definition) is 0. The molecule has 10 heteroatoms. The SMILES string of the molecule is CC1(C)OC[C@H]2OC(OS(=O)(=O)C(F)(F)F)=CCC[C@@H]2O1. The lowest BCUT2D eigenvalue weighted by molar-refractivity contribution is -0.307. The lowest BCUT2D eigenvalue weighted by Gasteiger charge is -2.40. The van der Waals surface area contributed by atoms with E-state index in [1.165, 1.54) is 0 Å². The quantitative estimate of drug-likeness (QED) is 0.569. The Morgan fingerprint density at radius 2 is 2.00 bits per heavy atom. The fourth-order valence-electron chi connectivity index (χ4n) is 1.99. The Labute approximate surface area is 119 Å². The van der Waals surface area contributed by atoms with Gasteiger partial charge < -0.3 is 18.4 Å². The van der Waals surface area contributed by atoms with Crippen LogP contribution in [-0.2, 0) is 28.5 Å². The summed E-state index contributed by atoms with van der Waals surface area (Å²) >= 11 is 0. The van der Waals surface area contributed by atoms with Crippen molar-refractivity contribution in [3.8, 4) is 0 Å². The van der Waals surface area contributed by atoms with E-state index < -0.39 is 39.6 Å². The van der Waals surface area contributed by atoms with Crippen LogP contribution >= 0.6 is 0 Å². The average Bonchev–Trinajstić information content (AvgIpc) is 2.47. The molecule has 2 rings (SSSR count). The summed E-state index contributed by atoms with van der Waals surface area (Å²) in [4.78, 5) is 0. The summed E-state index contributed by atoms with van der Waals surface area (Å²) in [5.41, 5.74) is -5.51. The van der Waals surface area contributed by atoms with E-state index in [4.69, 9.17) is 14.2 Å². The summed E-state index contributed by atoms with van der Waals surface area (Å²) in [5.74, 6) is -1.53. The molecule has 2 aliphatic heterocycles. The smallest absolute Gasteiger partial charge is 0.456 e. The Bertz CT molecular complexity index is 525. The normalized spacial score (nSPS) is 29.7. The van der Waals surface area contributed by atoms with E-state index in [2.05, 4.69) is 4.18 Å². The van der Waals surface area contributed by atoms with Gasteiger partial charge in [-0.1, -0.05) is 0 Å². The molecule has 0 aliphatic carbocycles. The van der Waals surface area contributed by atoms with Crippen molar-refractivity contribution in [2.45, 2.75) is 50.2 Å². The van der Waals surface area contributed by atoms with Gasteiger partial charge >= 0.3 is 15.6 Å². The molecule has 0 saturated carbocycles. The molecule has 21 heavy (non-hydrogen) atoms. The number of allylic oxidation sites excluding steroid dienone is 1. The maximum absolute atomic E-state index is 12.3. The number of rotatable bonds is 2. The van der Waals surface area contributed by atoms with Crippen molar-refractivity contribution >= 4 is 10.1 Å². The molecule has 0 bridgehead atoms. The molecule has 2 aliphatic rings.